The second-order valence-electron chi connectivity index (χ2n) is 0.807. The highest BCUT2D eigenvalue weighted by atomic mass is 16.6. The van der Waals surface area contributed by atoms with Crippen LogP contribution in [0.1, 0.15) is 0 Å². The molecular weight excluding hydrogens is 110 g/mol. The van der Waals surface area contributed by atoms with Crippen molar-refractivity contribution in [1.29, 1.82) is 0 Å². The molecule has 0 aromatic heterocycles. The third-order valence-corrected chi connectivity index (χ3v) is 0.167. The van der Waals surface area contributed by atoms with Crippen LogP contribution in [0.25, 0.3) is 0 Å². The lowest BCUT2D eigenvalue weighted by Gasteiger charge is -1.61. The lowest BCUT2D eigenvalue weighted by Crippen LogP contribution is -1.90. The summed E-state index contributed by atoms with van der Waals surface area (Å²) in [4.78, 5) is 8.56. The van der Waals surface area contributed by atoms with Crippen molar-refractivity contribution >= 4 is 6.16 Å². The molecule has 0 aliphatic rings. The number of carboxylic acid groups (broad SMARTS) is 2. The lowest BCUT2D eigenvalue weighted by molar-refractivity contribution is 0.137. The van der Waals surface area contributed by atoms with Gasteiger partial charge in [-0.15, -0.1) is 6.58 Å². The van der Waals surface area contributed by atoms with E-state index < -0.39 is 6.16 Å². The second kappa shape index (κ2) is 9.36. The van der Waals surface area contributed by atoms with Crippen molar-refractivity contribution in [3.63, 3.8) is 0 Å². The molecule has 0 radical (unpaired) electrons. The predicted octanol–water partition coefficient (Wildman–Crippen LogP) is 0.354. The number of rotatable bonds is 1. The van der Waals surface area contributed by atoms with Crippen molar-refractivity contribution in [3.8, 4) is 0 Å². The molecule has 0 aliphatic heterocycles. The van der Waals surface area contributed by atoms with Crippen molar-refractivity contribution in [2.24, 2.45) is 5.73 Å². The summed E-state index contributed by atoms with van der Waals surface area (Å²) in [5.74, 6) is 0. The fraction of sp³-hybridized carbons (Fsp3) is 0.250. The molecule has 0 aromatic carbocycles. The standard InChI is InChI=1S/C3H7N.CH2O3/c1-2-3-4;2-1(3)4/h2H,1,3-4H2;(H2,2,3,4). The van der Waals surface area contributed by atoms with Gasteiger partial charge in [0.2, 0.25) is 0 Å². The molecule has 0 amide bonds. The molecule has 0 atom stereocenters. The average Bonchev–Trinajstić information content (AvgIpc) is 1.65. The molecule has 0 aromatic rings. The van der Waals surface area contributed by atoms with Crippen LogP contribution in [0.5, 0.6) is 0 Å². The highest BCUT2D eigenvalue weighted by molar-refractivity contribution is 5.53. The van der Waals surface area contributed by atoms with E-state index in [1.165, 1.54) is 0 Å². The molecule has 4 heteroatoms. The zero-order valence-electron chi connectivity index (χ0n) is 4.37. The normalized spacial score (nSPS) is 6.12. The van der Waals surface area contributed by atoms with Crippen LogP contribution in [0, 0.1) is 0 Å². The summed E-state index contributed by atoms with van der Waals surface area (Å²) >= 11 is 0. The van der Waals surface area contributed by atoms with Gasteiger partial charge in [0.05, 0.1) is 0 Å². The fourth-order valence-corrected chi connectivity index (χ4v) is 0. The number of hydrogen-bond donors (Lipinski definition) is 3. The van der Waals surface area contributed by atoms with Gasteiger partial charge in [0.25, 0.3) is 0 Å². The van der Waals surface area contributed by atoms with Crippen molar-refractivity contribution < 1.29 is 15.0 Å². The largest absolute Gasteiger partial charge is 0.503 e. The Bertz CT molecular complexity index is 67.7. The maximum Gasteiger partial charge on any atom is 0.503 e. The molecule has 4 N–H and O–H groups in total. The lowest BCUT2D eigenvalue weighted by atomic mass is 10.7. The maximum absolute atomic E-state index is 8.56. The fourth-order valence-electron chi connectivity index (χ4n) is 0. The van der Waals surface area contributed by atoms with Crippen LogP contribution >= 0.6 is 0 Å². The molecule has 4 nitrogen and oxygen atoms in total. The molecule has 0 heterocycles. The summed E-state index contributed by atoms with van der Waals surface area (Å²) in [7, 11) is 0. The van der Waals surface area contributed by atoms with Crippen LogP contribution < -0.4 is 5.73 Å². The maximum atomic E-state index is 8.56. The van der Waals surface area contributed by atoms with Gasteiger partial charge in [-0.2, -0.15) is 0 Å². The van der Waals surface area contributed by atoms with E-state index in [1.54, 1.807) is 6.08 Å². The van der Waals surface area contributed by atoms with Gasteiger partial charge in [0.1, 0.15) is 0 Å². The third kappa shape index (κ3) is 87000. The topological polar surface area (TPSA) is 83.6 Å². The molecule has 0 unspecified atom stereocenters. The van der Waals surface area contributed by atoms with Crippen LogP contribution in [0.4, 0.5) is 4.79 Å². The van der Waals surface area contributed by atoms with Gasteiger partial charge in [-0.1, -0.05) is 6.08 Å². The first kappa shape index (κ1) is 10.1. The average molecular weight is 119 g/mol. The first-order valence-electron chi connectivity index (χ1n) is 1.88. The zero-order valence-corrected chi connectivity index (χ0v) is 4.37. The van der Waals surface area contributed by atoms with Gasteiger partial charge in [0, 0.05) is 6.54 Å². The molecule has 0 saturated heterocycles. The van der Waals surface area contributed by atoms with E-state index >= 15 is 0 Å². The molecule has 0 aliphatic carbocycles. The Balaban J connectivity index is 0. The van der Waals surface area contributed by atoms with Crippen molar-refractivity contribution in [3.05, 3.63) is 12.7 Å². The Labute approximate surface area is 47.2 Å². The minimum atomic E-state index is -1.83. The van der Waals surface area contributed by atoms with Gasteiger partial charge >= 0.3 is 6.16 Å². The number of nitrogens with two attached hydrogens (primary N) is 1. The molecule has 0 fully saturated rings. The van der Waals surface area contributed by atoms with Crippen LogP contribution in [0.15, 0.2) is 12.7 Å². The Morgan fingerprint density at radius 3 is 1.88 bits per heavy atom. The van der Waals surface area contributed by atoms with Gasteiger partial charge in [-0.25, -0.2) is 4.79 Å². The minimum Gasteiger partial charge on any atom is -0.450 e. The van der Waals surface area contributed by atoms with Gasteiger partial charge < -0.3 is 15.9 Å². The van der Waals surface area contributed by atoms with Crippen LogP contribution in [-0.2, 0) is 0 Å². The molecular formula is C4H9NO3. The van der Waals surface area contributed by atoms with E-state index in [-0.39, 0.29) is 0 Å². The molecule has 0 spiro atoms. The Kier molecular flexibility index (Phi) is 11.8. The summed E-state index contributed by atoms with van der Waals surface area (Å²) in [6.45, 7) is 3.94. The summed E-state index contributed by atoms with van der Waals surface area (Å²) in [6.07, 6.45) is -0.181. The summed E-state index contributed by atoms with van der Waals surface area (Å²) < 4.78 is 0. The SMILES string of the molecule is C=CCN.O=C(O)O. The van der Waals surface area contributed by atoms with E-state index in [1.807, 2.05) is 0 Å². The van der Waals surface area contributed by atoms with E-state index in [0.717, 1.165) is 0 Å². The van der Waals surface area contributed by atoms with Gasteiger partial charge in [-0.05, 0) is 0 Å². The predicted molar refractivity (Wildman–Crippen MR) is 29.9 cm³/mol. The molecule has 0 saturated carbocycles. The summed E-state index contributed by atoms with van der Waals surface area (Å²) in [5, 5.41) is 13.9. The molecule has 48 valence electrons. The smallest absolute Gasteiger partial charge is 0.450 e. The quantitative estimate of drug-likeness (QED) is 0.435. The van der Waals surface area contributed by atoms with Crippen LogP contribution in [0.3, 0.4) is 0 Å². The van der Waals surface area contributed by atoms with E-state index in [9.17, 15) is 0 Å². The van der Waals surface area contributed by atoms with E-state index in [2.05, 4.69) is 6.58 Å². The van der Waals surface area contributed by atoms with E-state index in [4.69, 9.17) is 20.7 Å². The van der Waals surface area contributed by atoms with Crippen molar-refractivity contribution in [2.45, 2.75) is 0 Å². The molecule has 0 rings (SSSR count). The molecule has 8 heavy (non-hydrogen) atoms. The summed E-state index contributed by atoms with van der Waals surface area (Å²) in [5.41, 5.74) is 4.91. The highest BCUT2D eigenvalue weighted by Crippen LogP contribution is 1.42. The van der Waals surface area contributed by atoms with Crippen molar-refractivity contribution in [1.82, 2.24) is 0 Å². The Morgan fingerprint density at radius 2 is 1.88 bits per heavy atom. The monoisotopic (exact) mass is 119 g/mol. The summed E-state index contributed by atoms with van der Waals surface area (Å²) in [6, 6.07) is 0. The zero-order chi connectivity index (χ0) is 6.99. The first-order chi connectivity index (χ1) is 3.65. The van der Waals surface area contributed by atoms with Crippen LogP contribution in [0.2, 0.25) is 0 Å². The third-order valence-electron chi connectivity index (χ3n) is 0.167. The van der Waals surface area contributed by atoms with Gasteiger partial charge in [0.15, 0.2) is 0 Å². The van der Waals surface area contributed by atoms with Crippen molar-refractivity contribution in [2.75, 3.05) is 6.54 Å². The molecule has 0 bridgehead atoms. The Hall–Kier alpha value is -1.03. The number of carbonyl (C=O) groups is 1. The second-order valence-corrected chi connectivity index (χ2v) is 0.807. The highest BCUT2D eigenvalue weighted by Gasteiger charge is 1.70. The number of hydrogen-bond acceptors (Lipinski definition) is 2. The minimum absolute atomic E-state index is 0.583. The van der Waals surface area contributed by atoms with Gasteiger partial charge in [-0.3, -0.25) is 0 Å². The van der Waals surface area contributed by atoms with E-state index in [0.29, 0.717) is 6.54 Å². The first-order valence-corrected chi connectivity index (χ1v) is 1.88. The Morgan fingerprint density at radius 1 is 1.75 bits per heavy atom. The van der Waals surface area contributed by atoms with Crippen LogP contribution in [-0.4, -0.2) is 22.9 Å².